The Balaban J connectivity index is 2.07. The molecule has 0 aliphatic carbocycles. The first kappa shape index (κ1) is 12.4. The molecular weight excluding hydrogens is 234 g/mol. The summed E-state index contributed by atoms with van der Waals surface area (Å²) in [5, 5.41) is 0. The van der Waals surface area contributed by atoms with Crippen LogP contribution in [0.3, 0.4) is 0 Å². The van der Waals surface area contributed by atoms with E-state index in [1.165, 1.54) is 6.26 Å². The number of hydrogen-bond acceptors (Lipinski definition) is 4. The van der Waals surface area contributed by atoms with Gasteiger partial charge in [0.1, 0.15) is 0 Å². The average Bonchev–Trinajstić information content (AvgIpc) is 3.06. The fourth-order valence-electron chi connectivity index (χ4n) is 1.61. The first-order valence-electron chi connectivity index (χ1n) is 5.64. The van der Waals surface area contributed by atoms with E-state index in [1.54, 1.807) is 36.7 Å². The molecule has 5 heteroatoms. The SMILES string of the molecule is COCCN(Cc1ccoc1)C(=O)c1ccco1. The second-order valence-electron chi connectivity index (χ2n) is 3.83. The van der Waals surface area contributed by atoms with Crippen LogP contribution in [0.15, 0.2) is 45.8 Å². The van der Waals surface area contributed by atoms with E-state index < -0.39 is 0 Å². The molecule has 0 aliphatic rings. The number of furan rings is 2. The molecule has 0 unspecified atom stereocenters. The van der Waals surface area contributed by atoms with Crippen molar-refractivity contribution >= 4 is 5.91 Å². The van der Waals surface area contributed by atoms with Crippen LogP contribution in [-0.2, 0) is 11.3 Å². The molecule has 2 heterocycles. The summed E-state index contributed by atoms with van der Waals surface area (Å²) in [4.78, 5) is 13.8. The molecule has 96 valence electrons. The van der Waals surface area contributed by atoms with Gasteiger partial charge in [-0.3, -0.25) is 4.79 Å². The summed E-state index contributed by atoms with van der Waals surface area (Å²) >= 11 is 0. The van der Waals surface area contributed by atoms with Gasteiger partial charge in [-0.05, 0) is 18.2 Å². The summed E-state index contributed by atoms with van der Waals surface area (Å²) < 4.78 is 15.1. The van der Waals surface area contributed by atoms with Crippen LogP contribution >= 0.6 is 0 Å². The molecule has 2 aromatic heterocycles. The second kappa shape index (κ2) is 6.07. The van der Waals surface area contributed by atoms with Gasteiger partial charge in [0.25, 0.3) is 5.91 Å². The molecule has 18 heavy (non-hydrogen) atoms. The Labute approximate surface area is 105 Å². The van der Waals surface area contributed by atoms with Gasteiger partial charge in [-0.25, -0.2) is 0 Å². The maximum atomic E-state index is 12.2. The van der Waals surface area contributed by atoms with Crippen molar-refractivity contribution in [3.63, 3.8) is 0 Å². The van der Waals surface area contributed by atoms with Gasteiger partial charge in [-0.1, -0.05) is 0 Å². The number of hydrogen-bond donors (Lipinski definition) is 0. The van der Waals surface area contributed by atoms with Crippen molar-refractivity contribution in [3.8, 4) is 0 Å². The Hall–Kier alpha value is -2.01. The first-order valence-corrected chi connectivity index (χ1v) is 5.64. The molecule has 2 rings (SSSR count). The molecule has 0 N–H and O–H groups in total. The Bertz CT molecular complexity index is 461. The lowest BCUT2D eigenvalue weighted by molar-refractivity contribution is 0.0649. The minimum atomic E-state index is -0.154. The van der Waals surface area contributed by atoms with Crippen LogP contribution in [0.4, 0.5) is 0 Å². The summed E-state index contributed by atoms with van der Waals surface area (Å²) in [6.07, 6.45) is 4.69. The third-order valence-electron chi connectivity index (χ3n) is 2.54. The highest BCUT2D eigenvalue weighted by molar-refractivity contribution is 5.91. The Kier molecular flexibility index (Phi) is 4.20. The van der Waals surface area contributed by atoms with Crippen LogP contribution in [0.1, 0.15) is 16.1 Å². The molecule has 0 radical (unpaired) electrons. The van der Waals surface area contributed by atoms with E-state index in [0.29, 0.717) is 25.5 Å². The first-order chi connectivity index (χ1) is 8.81. The predicted octanol–water partition coefficient (Wildman–Crippen LogP) is 2.16. The zero-order valence-corrected chi connectivity index (χ0v) is 10.2. The Morgan fingerprint density at radius 2 is 2.28 bits per heavy atom. The van der Waals surface area contributed by atoms with Crippen molar-refractivity contribution in [3.05, 3.63) is 48.3 Å². The smallest absolute Gasteiger partial charge is 0.289 e. The molecule has 0 bridgehead atoms. The predicted molar refractivity (Wildman–Crippen MR) is 64.0 cm³/mol. The van der Waals surface area contributed by atoms with Crippen LogP contribution in [0.5, 0.6) is 0 Å². The number of ether oxygens (including phenoxy) is 1. The number of rotatable bonds is 6. The third-order valence-corrected chi connectivity index (χ3v) is 2.54. The summed E-state index contributed by atoms with van der Waals surface area (Å²) in [7, 11) is 1.60. The number of carbonyl (C=O) groups is 1. The maximum Gasteiger partial charge on any atom is 0.289 e. The number of nitrogens with zero attached hydrogens (tertiary/aromatic N) is 1. The lowest BCUT2D eigenvalue weighted by Gasteiger charge is -2.20. The van der Waals surface area contributed by atoms with Gasteiger partial charge in [0.05, 0.1) is 25.4 Å². The van der Waals surface area contributed by atoms with Gasteiger partial charge in [-0.2, -0.15) is 0 Å². The summed E-state index contributed by atoms with van der Waals surface area (Å²) in [5.41, 5.74) is 0.936. The van der Waals surface area contributed by atoms with Gasteiger partial charge < -0.3 is 18.5 Å². The lowest BCUT2D eigenvalue weighted by atomic mass is 10.3. The van der Waals surface area contributed by atoms with E-state index >= 15 is 0 Å². The van der Waals surface area contributed by atoms with E-state index in [-0.39, 0.29) is 5.91 Å². The quantitative estimate of drug-likeness (QED) is 0.787. The van der Waals surface area contributed by atoms with E-state index in [9.17, 15) is 4.79 Å². The van der Waals surface area contributed by atoms with Gasteiger partial charge in [0, 0.05) is 25.8 Å². The van der Waals surface area contributed by atoms with Gasteiger partial charge in [-0.15, -0.1) is 0 Å². The third kappa shape index (κ3) is 3.01. The molecule has 0 spiro atoms. The topological polar surface area (TPSA) is 55.8 Å². The van der Waals surface area contributed by atoms with Gasteiger partial charge >= 0.3 is 0 Å². The molecule has 5 nitrogen and oxygen atoms in total. The minimum Gasteiger partial charge on any atom is -0.472 e. The van der Waals surface area contributed by atoms with Gasteiger partial charge in [0.2, 0.25) is 0 Å². The lowest BCUT2D eigenvalue weighted by Crippen LogP contribution is -2.33. The van der Waals surface area contributed by atoms with E-state index in [1.807, 2.05) is 6.07 Å². The number of amides is 1. The highest BCUT2D eigenvalue weighted by atomic mass is 16.5. The molecule has 0 fully saturated rings. The largest absolute Gasteiger partial charge is 0.472 e. The van der Waals surface area contributed by atoms with E-state index in [2.05, 4.69) is 0 Å². The van der Waals surface area contributed by atoms with Crippen molar-refractivity contribution < 1.29 is 18.4 Å². The summed E-state index contributed by atoms with van der Waals surface area (Å²) in [6, 6.07) is 5.17. The van der Waals surface area contributed by atoms with Crippen molar-refractivity contribution in [2.45, 2.75) is 6.54 Å². The second-order valence-corrected chi connectivity index (χ2v) is 3.83. The number of methoxy groups -OCH3 is 1. The molecule has 0 aliphatic heterocycles. The van der Waals surface area contributed by atoms with E-state index in [0.717, 1.165) is 5.56 Å². The normalized spacial score (nSPS) is 10.5. The van der Waals surface area contributed by atoms with Crippen LogP contribution in [0, 0.1) is 0 Å². The highest BCUT2D eigenvalue weighted by Gasteiger charge is 2.18. The van der Waals surface area contributed by atoms with Crippen LogP contribution in [-0.4, -0.2) is 31.1 Å². The van der Waals surface area contributed by atoms with Crippen LogP contribution in [0.2, 0.25) is 0 Å². The molecule has 2 aromatic rings. The zero-order valence-electron chi connectivity index (χ0n) is 10.2. The fourth-order valence-corrected chi connectivity index (χ4v) is 1.61. The van der Waals surface area contributed by atoms with Crippen LogP contribution < -0.4 is 0 Å². The van der Waals surface area contributed by atoms with Crippen LogP contribution in [0.25, 0.3) is 0 Å². The standard InChI is InChI=1S/C13H15NO4/c1-16-8-5-14(9-11-4-7-17-10-11)13(15)12-3-2-6-18-12/h2-4,6-7,10H,5,8-9H2,1H3. The minimum absolute atomic E-state index is 0.154. The Morgan fingerprint density at radius 3 is 2.89 bits per heavy atom. The highest BCUT2D eigenvalue weighted by Crippen LogP contribution is 2.10. The molecule has 0 saturated heterocycles. The molecular formula is C13H15NO4. The van der Waals surface area contributed by atoms with Crippen molar-refractivity contribution in [2.75, 3.05) is 20.3 Å². The fraction of sp³-hybridized carbons (Fsp3) is 0.308. The van der Waals surface area contributed by atoms with Crippen molar-refractivity contribution in [1.82, 2.24) is 4.90 Å². The summed E-state index contributed by atoms with van der Waals surface area (Å²) in [5.74, 6) is 0.174. The molecule has 1 amide bonds. The summed E-state index contributed by atoms with van der Waals surface area (Å²) in [6.45, 7) is 1.45. The van der Waals surface area contributed by atoms with Crippen molar-refractivity contribution in [1.29, 1.82) is 0 Å². The monoisotopic (exact) mass is 249 g/mol. The van der Waals surface area contributed by atoms with Gasteiger partial charge in [0.15, 0.2) is 5.76 Å². The maximum absolute atomic E-state index is 12.2. The van der Waals surface area contributed by atoms with E-state index in [4.69, 9.17) is 13.6 Å². The molecule has 0 aromatic carbocycles. The zero-order chi connectivity index (χ0) is 12.8. The molecule has 0 saturated carbocycles. The van der Waals surface area contributed by atoms with Crippen molar-refractivity contribution in [2.24, 2.45) is 0 Å². The number of carbonyl (C=O) groups excluding carboxylic acids is 1. The Morgan fingerprint density at radius 1 is 1.39 bits per heavy atom. The average molecular weight is 249 g/mol. The molecule has 0 atom stereocenters.